The molecule has 0 saturated carbocycles. The van der Waals surface area contributed by atoms with Crippen molar-refractivity contribution >= 4 is 10.9 Å². The second kappa shape index (κ2) is 10.1. The molecule has 0 spiro atoms. The summed E-state index contributed by atoms with van der Waals surface area (Å²) in [5.41, 5.74) is 2.35. The number of nitrogens with one attached hydrogen (secondary N) is 1. The Hall–Kier alpha value is -3.63. The predicted octanol–water partition coefficient (Wildman–Crippen LogP) is 2.30. The van der Waals surface area contributed by atoms with Crippen LogP contribution in [0.25, 0.3) is 10.9 Å². The molecule has 4 aromatic rings. The Morgan fingerprint density at radius 1 is 1.24 bits per heavy atom. The van der Waals surface area contributed by atoms with Crippen LogP contribution in [0.1, 0.15) is 29.8 Å². The van der Waals surface area contributed by atoms with E-state index in [1.54, 1.807) is 13.3 Å². The number of fused-ring (bicyclic) bond motifs is 1. The van der Waals surface area contributed by atoms with Crippen LogP contribution in [0.15, 0.2) is 53.6 Å². The summed E-state index contributed by atoms with van der Waals surface area (Å²) in [5.74, 6) is 1.48. The summed E-state index contributed by atoms with van der Waals surface area (Å²) >= 11 is 0. The molecule has 0 unspecified atom stereocenters. The molecular formula is C24H27N7O3. The minimum atomic E-state index is -0.118. The number of tetrazole rings is 1. The van der Waals surface area contributed by atoms with Crippen molar-refractivity contribution in [2.24, 2.45) is 0 Å². The highest BCUT2D eigenvalue weighted by Gasteiger charge is 2.21. The third-order valence-corrected chi connectivity index (χ3v) is 6.02. The fourth-order valence-electron chi connectivity index (χ4n) is 4.29. The van der Waals surface area contributed by atoms with Crippen molar-refractivity contribution in [3.63, 3.8) is 0 Å². The van der Waals surface area contributed by atoms with Crippen LogP contribution in [0.4, 0.5) is 0 Å². The van der Waals surface area contributed by atoms with Crippen molar-refractivity contribution in [1.82, 2.24) is 35.1 Å². The SMILES string of the molecule is COc1ccc2[nH]c(=O)c(CN(Cc3cccnc3)Cc3nnnn3C[C@@H]3CCCO3)cc2c1. The molecule has 1 aliphatic rings. The number of hydrogen-bond donors (Lipinski definition) is 1. The minimum absolute atomic E-state index is 0.118. The van der Waals surface area contributed by atoms with Crippen LogP contribution in [0.5, 0.6) is 5.75 Å². The third-order valence-electron chi connectivity index (χ3n) is 6.02. The van der Waals surface area contributed by atoms with E-state index in [-0.39, 0.29) is 11.7 Å². The zero-order valence-electron chi connectivity index (χ0n) is 19.1. The van der Waals surface area contributed by atoms with Gasteiger partial charge in [0.15, 0.2) is 5.82 Å². The summed E-state index contributed by atoms with van der Waals surface area (Å²) in [5, 5.41) is 13.3. The second-order valence-electron chi connectivity index (χ2n) is 8.50. The molecule has 4 heterocycles. The molecule has 10 nitrogen and oxygen atoms in total. The first-order chi connectivity index (χ1) is 16.7. The molecule has 10 heteroatoms. The summed E-state index contributed by atoms with van der Waals surface area (Å²) in [4.78, 5) is 22.3. The van der Waals surface area contributed by atoms with E-state index in [9.17, 15) is 4.79 Å². The Labute approximate surface area is 196 Å². The van der Waals surface area contributed by atoms with E-state index >= 15 is 0 Å². The molecule has 0 aliphatic carbocycles. The molecule has 34 heavy (non-hydrogen) atoms. The predicted molar refractivity (Wildman–Crippen MR) is 125 cm³/mol. The first kappa shape index (κ1) is 22.2. The van der Waals surface area contributed by atoms with Gasteiger partial charge in [0.2, 0.25) is 0 Å². The number of aromatic amines is 1. The van der Waals surface area contributed by atoms with Gasteiger partial charge in [0, 0.05) is 48.6 Å². The Balaban J connectivity index is 1.42. The van der Waals surface area contributed by atoms with Crippen molar-refractivity contribution in [2.75, 3.05) is 13.7 Å². The number of hydrogen-bond acceptors (Lipinski definition) is 8. The summed E-state index contributed by atoms with van der Waals surface area (Å²) in [6.45, 7) is 2.90. The lowest BCUT2D eigenvalue weighted by Crippen LogP contribution is -2.29. The summed E-state index contributed by atoms with van der Waals surface area (Å²) in [6, 6.07) is 11.5. The molecule has 1 aliphatic heterocycles. The Bertz CT molecular complexity index is 1300. The molecule has 176 valence electrons. The van der Waals surface area contributed by atoms with Crippen molar-refractivity contribution in [2.45, 2.75) is 45.1 Å². The normalized spacial score (nSPS) is 15.9. The largest absolute Gasteiger partial charge is 0.497 e. The van der Waals surface area contributed by atoms with E-state index in [0.717, 1.165) is 47.5 Å². The number of ether oxygens (including phenoxy) is 2. The van der Waals surface area contributed by atoms with Crippen LogP contribution in [-0.4, -0.2) is 54.9 Å². The molecule has 1 aromatic carbocycles. The van der Waals surface area contributed by atoms with Crippen LogP contribution in [0.2, 0.25) is 0 Å². The number of benzene rings is 1. The zero-order valence-corrected chi connectivity index (χ0v) is 19.1. The number of nitrogens with zero attached hydrogens (tertiary/aromatic N) is 6. The smallest absolute Gasteiger partial charge is 0.252 e. The Morgan fingerprint density at radius 2 is 2.18 bits per heavy atom. The fraction of sp³-hybridized carbons (Fsp3) is 0.375. The number of rotatable bonds is 9. The van der Waals surface area contributed by atoms with Gasteiger partial charge in [-0.2, -0.15) is 0 Å². The highest BCUT2D eigenvalue weighted by molar-refractivity contribution is 5.80. The topological polar surface area (TPSA) is 111 Å². The standard InChI is InChI=1S/C24H27N7O3/c1-33-20-6-7-22-18(11-20)10-19(24(32)26-22)14-30(13-17-4-2-8-25-12-17)16-23-27-28-29-31(23)15-21-5-3-9-34-21/h2,4,6-8,10-12,21H,3,5,9,13-16H2,1H3,(H,26,32)/t21-/m0/s1. The van der Waals surface area contributed by atoms with Gasteiger partial charge in [-0.15, -0.1) is 5.10 Å². The minimum Gasteiger partial charge on any atom is -0.497 e. The van der Waals surface area contributed by atoms with Crippen LogP contribution in [-0.2, 0) is 30.9 Å². The van der Waals surface area contributed by atoms with Crippen molar-refractivity contribution < 1.29 is 9.47 Å². The fourth-order valence-corrected chi connectivity index (χ4v) is 4.29. The first-order valence-corrected chi connectivity index (χ1v) is 11.4. The van der Waals surface area contributed by atoms with E-state index in [1.807, 2.05) is 47.3 Å². The van der Waals surface area contributed by atoms with Gasteiger partial charge in [-0.05, 0) is 59.2 Å². The quantitative estimate of drug-likeness (QED) is 0.404. The molecular weight excluding hydrogens is 434 g/mol. The Morgan fingerprint density at radius 3 is 2.97 bits per heavy atom. The maximum Gasteiger partial charge on any atom is 0.252 e. The first-order valence-electron chi connectivity index (χ1n) is 11.4. The van der Waals surface area contributed by atoms with Gasteiger partial charge < -0.3 is 14.5 Å². The van der Waals surface area contributed by atoms with Gasteiger partial charge in [0.25, 0.3) is 5.56 Å². The van der Waals surface area contributed by atoms with Gasteiger partial charge in [0.1, 0.15) is 5.75 Å². The number of methoxy groups -OCH3 is 1. The van der Waals surface area contributed by atoms with Crippen LogP contribution < -0.4 is 10.3 Å². The van der Waals surface area contributed by atoms with E-state index in [1.165, 1.54) is 0 Å². The van der Waals surface area contributed by atoms with Gasteiger partial charge in [-0.25, -0.2) is 4.68 Å². The van der Waals surface area contributed by atoms with Crippen LogP contribution >= 0.6 is 0 Å². The van der Waals surface area contributed by atoms with Gasteiger partial charge >= 0.3 is 0 Å². The zero-order chi connectivity index (χ0) is 23.3. The van der Waals surface area contributed by atoms with E-state index in [0.29, 0.717) is 31.7 Å². The number of aromatic nitrogens is 6. The molecule has 1 saturated heterocycles. The summed E-state index contributed by atoms with van der Waals surface area (Å²) in [6.07, 6.45) is 5.78. The van der Waals surface area contributed by atoms with Gasteiger partial charge in [0.05, 0.1) is 26.3 Å². The maximum absolute atomic E-state index is 12.9. The number of pyridine rings is 2. The molecule has 0 amide bonds. The third kappa shape index (κ3) is 5.13. The van der Waals surface area contributed by atoms with Crippen LogP contribution in [0, 0.1) is 0 Å². The van der Waals surface area contributed by atoms with Gasteiger partial charge in [-0.1, -0.05) is 6.07 Å². The molecule has 1 atom stereocenters. The lowest BCUT2D eigenvalue weighted by atomic mass is 10.1. The molecule has 1 N–H and O–H groups in total. The molecule has 0 bridgehead atoms. The summed E-state index contributed by atoms with van der Waals surface area (Å²) < 4.78 is 12.9. The van der Waals surface area contributed by atoms with Crippen molar-refractivity contribution in [1.29, 1.82) is 0 Å². The second-order valence-corrected chi connectivity index (χ2v) is 8.50. The Kier molecular flexibility index (Phi) is 6.59. The van der Waals surface area contributed by atoms with E-state index in [4.69, 9.17) is 9.47 Å². The van der Waals surface area contributed by atoms with Crippen molar-refractivity contribution in [3.05, 3.63) is 76.1 Å². The number of H-pyrrole nitrogens is 1. The summed E-state index contributed by atoms with van der Waals surface area (Å²) in [7, 11) is 1.63. The van der Waals surface area contributed by atoms with E-state index < -0.39 is 0 Å². The average molecular weight is 462 g/mol. The average Bonchev–Trinajstić information content (AvgIpc) is 3.52. The lowest BCUT2D eigenvalue weighted by Gasteiger charge is -2.22. The lowest BCUT2D eigenvalue weighted by molar-refractivity contribution is 0.0914. The van der Waals surface area contributed by atoms with Crippen LogP contribution in [0.3, 0.4) is 0 Å². The van der Waals surface area contributed by atoms with Crippen molar-refractivity contribution in [3.8, 4) is 5.75 Å². The monoisotopic (exact) mass is 461 g/mol. The molecule has 3 aromatic heterocycles. The maximum atomic E-state index is 12.9. The molecule has 0 radical (unpaired) electrons. The molecule has 1 fully saturated rings. The molecule has 5 rings (SSSR count). The van der Waals surface area contributed by atoms with Gasteiger partial charge in [-0.3, -0.25) is 14.7 Å². The highest BCUT2D eigenvalue weighted by atomic mass is 16.5. The highest BCUT2D eigenvalue weighted by Crippen LogP contribution is 2.20. The van der Waals surface area contributed by atoms with E-state index in [2.05, 4.69) is 30.4 Å².